The molecule has 5 rings (SSSR count). The number of alkyl carbamates (subject to hydrolysis) is 1. The van der Waals surface area contributed by atoms with E-state index in [4.69, 9.17) is 4.74 Å². The minimum atomic E-state index is -0.400. The molecule has 4 fully saturated rings. The summed E-state index contributed by atoms with van der Waals surface area (Å²) in [4.78, 5) is 12.3. The minimum Gasteiger partial charge on any atom is -0.508 e. The van der Waals surface area contributed by atoms with Gasteiger partial charge in [-0.2, -0.15) is 0 Å². The van der Waals surface area contributed by atoms with Crippen LogP contribution in [0.25, 0.3) is 0 Å². The third kappa shape index (κ3) is 5.21. The van der Waals surface area contributed by atoms with E-state index in [1.807, 2.05) is 0 Å². The largest absolute Gasteiger partial charge is 0.508 e. The van der Waals surface area contributed by atoms with Crippen molar-refractivity contribution in [2.24, 2.45) is 52.3 Å². The maximum atomic E-state index is 12.3. The van der Waals surface area contributed by atoms with Gasteiger partial charge in [0.15, 0.2) is 0 Å². The second kappa shape index (κ2) is 11.2. The molecule has 4 aliphatic carbocycles. The smallest absolute Gasteiger partial charge is 0.407 e. The van der Waals surface area contributed by atoms with Gasteiger partial charge in [-0.15, -0.1) is 0 Å². The maximum Gasteiger partial charge on any atom is 0.407 e. The quantitative estimate of drug-likeness (QED) is 0.326. The summed E-state index contributed by atoms with van der Waals surface area (Å²) in [5.41, 5.74) is 1.37. The Kier molecular flexibility index (Phi) is 8.28. The molecule has 4 unspecified atom stereocenters. The number of rotatable bonds is 7. The highest BCUT2D eigenvalue weighted by Crippen LogP contribution is 2.69. The summed E-state index contributed by atoms with van der Waals surface area (Å²) in [5, 5.41) is 34.6. The van der Waals surface area contributed by atoms with Gasteiger partial charge in [-0.1, -0.05) is 46.2 Å². The van der Waals surface area contributed by atoms with Gasteiger partial charge in [-0.25, -0.2) is 4.79 Å². The molecule has 6 nitrogen and oxygen atoms in total. The molecule has 0 heterocycles. The Balaban J connectivity index is 1.19. The third-order valence-corrected chi connectivity index (χ3v) is 12.3. The minimum absolute atomic E-state index is 0.205. The van der Waals surface area contributed by atoms with Crippen LogP contribution in [0.2, 0.25) is 0 Å². The highest BCUT2D eigenvalue weighted by molar-refractivity contribution is 5.67. The highest BCUT2D eigenvalue weighted by atomic mass is 16.5. The van der Waals surface area contributed by atoms with E-state index >= 15 is 0 Å². The standard InChI is InChI=1S/C33H51NO5/c1-5-24-28-18-23(36)12-15-33(28,4)27-13-16-32(3)25(10-11-26(32)29(27)30(24)37)20(2)14-17-39-31(38)34-19-21-6-8-22(35)9-7-21/h6-9,20,23-30,35-37H,5,10-19H2,1-4H3,(H,34,38)/t20-,23-,24-,25?,26?,27?,28+,29?,30-,32-,33-/m1/s1. The Labute approximate surface area is 234 Å². The van der Waals surface area contributed by atoms with Crippen LogP contribution in [0.5, 0.6) is 5.75 Å². The van der Waals surface area contributed by atoms with Gasteiger partial charge in [0, 0.05) is 6.54 Å². The molecule has 1 amide bonds. The van der Waals surface area contributed by atoms with Crippen molar-refractivity contribution in [3.8, 4) is 5.75 Å². The van der Waals surface area contributed by atoms with E-state index in [1.165, 1.54) is 25.7 Å². The Morgan fingerprint density at radius 3 is 2.44 bits per heavy atom. The van der Waals surface area contributed by atoms with Crippen LogP contribution in [-0.2, 0) is 11.3 Å². The van der Waals surface area contributed by atoms with Crippen LogP contribution in [0.15, 0.2) is 24.3 Å². The number of hydrogen-bond donors (Lipinski definition) is 4. The number of hydrogen-bond acceptors (Lipinski definition) is 5. The molecule has 4 saturated carbocycles. The Morgan fingerprint density at radius 2 is 1.72 bits per heavy atom. The van der Waals surface area contributed by atoms with Crippen molar-refractivity contribution >= 4 is 6.09 Å². The fourth-order valence-corrected chi connectivity index (χ4v) is 10.3. The summed E-state index contributed by atoms with van der Waals surface area (Å²) in [6.45, 7) is 10.3. The summed E-state index contributed by atoms with van der Waals surface area (Å²) in [7, 11) is 0. The number of benzene rings is 1. The number of aliphatic hydroxyl groups excluding tert-OH is 2. The molecular weight excluding hydrogens is 490 g/mol. The monoisotopic (exact) mass is 541 g/mol. The zero-order valence-corrected chi connectivity index (χ0v) is 24.4. The molecule has 0 saturated heterocycles. The van der Waals surface area contributed by atoms with Crippen molar-refractivity contribution in [3.63, 3.8) is 0 Å². The highest BCUT2D eigenvalue weighted by Gasteiger charge is 2.64. The zero-order chi connectivity index (χ0) is 27.9. The number of carbonyl (C=O) groups excluding carboxylic acids is 1. The van der Waals surface area contributed by atoms with E-state index in [0.717, 1.165) is 37.7 Å². The number of amides is 1. The molecule has 0 bridgehead atoms. The van der Waals surface area contributed by atoms with Crippen LogP contribution >= 0.6 is 0 Å². The van der Waals surface area contributed by atoms with Crippen LogP contribution in [-0.4, -0.2) is 40.2 Å². The number of phenolic OH excluding ortho intramolecular Hbond substituents is 1. The van der Waals surface area contributed by atoms with Gasteiger partial charge in [0.05, 0.1) is 18.8 Å². The number of ether oxygens (including phenoxy) is 1. The lowest BCUT2D eigenvalue weighted by Gasteiger charge is -2.64. The van der Waals surface area contributed by atoms with E-state index in [1.54, 1.807) is 24.3 Å². The molecule has 1 aromatic rings. The summed E-state index contributed by atoms with van der Waals surface area (Å²) >= 11 is 0. The van der Waals surface area contributed by atoms with Gasteiger partial charge < -0.3 is 25.4 Å². The molecule has 11 atom stereocenters. The van der Waals surface area contributed by atoms with Crippen molar-refractivity contribution in [2.75, 3.05) is 6.61 Å². The first-order chi connectivity index (χ1) is 18.6. The predicted molar refractivity (Wildman–Crippen MR) is 152 cm³/mol. The summed E-state index contributed by atoms with van der Waals surface area (Å²) < 4.78 is 5.54. The summed E-state index contributed by atoms with van der Waals surface area (Å²) in [6.07, 6.45) is 8.64. The van der Waals surface area contributed by atoms with Gasteiger partial charge in [0.2, 0.25) is 0 Å². The van der Waals surface area contributed by atoms with E-state index in [9.17, 15) is 20.1 Å². The van der Waals surface area contributed by atoms with Crippen molar-refractivity contribution in [2.45, 2.75) is 104 Å². The van der Waals surface area contributed by atoms with Crippen LogP contribution in [0.1, 0.15) is 91.0 Å². The first kappa shape index (κ1) is 28.7. The number of carbonyl (C=O) groups is 1. The summed E-state index contributed by atoms with van der Waals surface area (Å²) in [5.74, 6) is 3.44. The van der Waals surface area contributed by atoms with Crippen molar-refractivity contribution in [1.29, 1.82) is 0 Å². The molecular formula is C33H51NO5. The Morgan fingerprint density at radius 1 is 1.03 bits per heavy atom. The average Bonchev–Trinajstić information content (AvgIpc) is 3.27. The van der Waals surface area contributed by atoms with Crippen LogP contribution in [0, 0.1) is 52.3 Å². The number of fused-ring (bicyclic) bond motifs is 5. The van der Waals surface area contributed by atoms with Gasteiger partial charge in [0.1, 0.15) is 5.75 Å². The fourth-order valence-electron chi connectivity index (χ4n) is 10.3. The van der Waals surface area contributed by atoms with Crippen LogP contribution in [0.4, 0.5) is 4.79 Å². The third-order valence-electron chi connectivity index (χ3n) is 12.3. The second-order valence-electron chi connectivity index (χ2n) is 14.0. The molecule has 0 aromatic heterocycles. The van der Waals surface area contributed by atoms with E-state index in [-0.39, 0.29) is 28.8 Å². The lowest BCUT2D eigenvalue weighted by atomic mass is 9.41. The van der Waals surface area contributed by atoms with Gasteiger partial charge in [-0.05, 0) is 121 Å². The van der Waals surface area contributed by atoms with Crippen molar-refractivity contribution < 1.29 is 24.9 Å². The van der Waals surface area contributed by atoms with E-state index in [2.05, 4.69) is 33.0 Å². The first-order valence-electron chi connectivity index (χ1n) is 15.6. The normalized spacial score (nSPS) is 42.1. The Bertz CT molecular complexity index is 998. The predicted octanol–water partition coefficient (Wildman–Crippen LogP) is 6.27. The molecule has 39 heavy (non-hydrogen) atoms. The number of aromatic hydroxyl groups is 1. The van der Waals surface area contributed by atoms with Gasteiger partial charge >= 0.3 is 6.09 Å². The topological polar surface area (TPSA) is 99.0 Å². The maximum absolute atomic E-state index is 12.3. The SMILES string of the molecule is CC[C@H]1[C@@H](O)C2C3CCC([C@H](C)CCOC(=O)NCc4ccc(O)cc4)[C@@]3(C)CCC2[C@@]2(C)CC[C@@H](O)C[C@@H]12. The fraction of sp³-hybridized carbons (Fsp3) is 0.788. The molecule has 0 radical (unpaired) electrons. The van der Waals surface area contributed by atoms with Crippen molar-refractivity contribution in [1.82, 2.24) is 5.32 Å². The number of nitrogens with one attached hydrogen (secondary N) is 1. The van der Waals surface area contributed by atoms with Gasteiger partial charge in [-0.3, -0.25) is 0 Å². The van der Waals surface area contributed by atoms with Crippen LogP contribution in [0.3, 0.4) is 0 Å². The lowest BCUT2D eigenvalue weighted by molar-refractivity contribution is -0.203. The molecule has 4 aliphatic rings. The lowest BCUT2D eigenvalue weighted by Crippen LogP contribution is -2.62. The molecule has 0 aliphatic heterocycles. The molecule has 4 N–H and O–H groups in total. The van der Waals surface area contributed by atoms with E-state index < -0.39 is 6.09 Å². The number of phenols is 1. The molecule has 6 heteroatoms. The van der Waals surface area contributed by atoms with Gasteiger partial charge in [0.25, 0.3) is 0 Å². The first-order valence-corrected chi connectivity index (χ1v) is 15.6. The molecule has 0 spiro atoms. The zero-order valence-electron chi connectivity index (χ0n) is 24.4. The molecule has 218 valence electrons. The van der Waals surface area contributed by atoms with E-state index in [0.29, 0.717) is 54.6 Å². The van der Waals surface area contributed by atoms with Crippen molar-refractivity contribution in [3.05, 3.63) is 29.8 Å². The second-order valence-corrected chi connectivity index (χ2v) is 14.0. The Hall–Kier alpha value is -1.79. The van der Waals surface area contributed by atoms with Crippen LogP contribution < -0.4 is 5.32 Å². The summed E-state index contributed by atoms with van der Waals surface area (Å²) in [6, 6.07) is 6.79. The number of aliphatic hydroxyl groups is 2. The average molecular weight is 542 g/mol. The molecule has 1 aromatic carbocycles.